The highest BCUT2D eigenvalue weighted by molar-refractivity contribution is 7.89. The number of aromatic nitrogens is 2. The number of sulfonamides is 1. The molecule has 0 unspecified atom stereocenters. The first-order valence-electron chi connectivity index (χ1n) is 6.62. The van der Waals surface area contributed by atoms with Crippen molar-refractivity contribution >= 4 is 10.0 Å². The standard InChI is InChI=1S/C14H18FN3O2S/c1-11-8-13(15)9-12(2)14(11)21(19,20)17-4-3-6-18-7-5-16-10-18/h5,7-10,17H,3-4,6H2,1-2H3. The third-order valence-corrected chi connectivity index (χ3v) is 4.90. The predicted octanol–water partition coefficient (Wildman–Crippen LogP) is 2.01. The van der Waals surface area contributed by atoms with Crippen LogP contribution in [0.3, 0.4) is 0 Å². The van der Waals surface area contributed by atoms with Gasteiger partial charge in [0.15, 0.2) is 0 Å². The monoisotopic (exact) mass is 311 g/mol. The molecule has 1 N–H and O–H groups in total. The minimum absolute atomic E-state index is 0.159. The van der Waals surface area contributed by atoms with Crippen molar-refractivity contribution in [3.63, 3.8) is 0 Å². The lowest BCUT2D eigenvalue weighted by Crippen LogP contribution is -2.27. The Hall–Kier alpha value is -1.73. The lowest BCUT2D eigenvalue weighted by atomic mass is 10.1. The molecule has 7 heteroatoms. The van der Waals surface area contributed by atoms with Gasteiger partial charge in [-0.15, -0.1) is 0 Å². The minimum atomic E-state index is -3.62. The number of nitrogens with zero attached hydrogens (tertiary/aromatic N) is 2. The van der Waals surface area contributed by atoms with Crippen molar-refractivity contribution in [2.24, 2.45) is 0 Å². The van der Waals surface area contributed by atoms with Gasteiger partial charge in [0.1, 0.15) is 5.82 Å². The smallest absolute Gasteiger partial charge is 0.241 e. The average molecular weight is 311 g/mol. The summed E-state index contributed by atoms with van der Waals surface area (Å²) in [5.74, 6) is -0.427. The summed E-state index contributed by atoms with van der Waals surface area (Å²) in [5.41, 5.74) is 0.823. The molecule has 114 valence electrons. The van der Waals surface area contributed by atoms with Crippen LogP contribution in [-0.4, -0.2) is 24.5 Å². The Bertz CT molecular complexity index is 689. The van der Waals surface area contributed by atoms with E-state index in [4.69, 9.17) is 0 Å². The molecule has 0 aliphatic heterocycles. The summed E-state index contributed by atoms with van der Waals surface area (Å²) in [6, 6.07) is 2.46. The molecule has 0 aliphatic rings. The van der Waals surface area contributed by atoms with Crippen LogP contribution in [0.15, 0.2) is 35.7 Å². The Kier molecular flexibility index (Phi) is 4.74. The Labute approximate surface area is 123 Å². The molecule has 0 saturated carbocycles. The normalized spacial score (nSPS) is 11.8. The van der Waals surface area contributed by atoms with Crippen molar-refractivity contribution < 1.29 is 12.8 Å². The number of hydrogen-bond donors (Lipinski definition) is 1. The summed E-state index contributed by atoms with van der Waals surface area (Å²) in [4.78, 5) is 4.08. The van der Waals surface area contributed by atoms with E-state index in [1.165, 1.54) is 12.1 Å². The number of halogens is 1. The molecule has 0 saturated heterocycles. The van der Waals surface area contributed by atoms with Crippen LogP contribution in [0.1, 0.15) is 17.5 Å². The molecule has 0 fully saturated rings. The lowest BCUT2D eigenvalue weighted by Gasteiger charge is -2.12. The largest absolute Gasteiger partial charge is 0.337 e. The molecule has 5 nitrogen and oxygen atoms in total. The fourth-order valence-electron chi connectivity index (χ4n) is 2.28. The summed E-state index contributed by atoms with van der Waals surface area (Å²) < 4.78 is 42.3. The molecule has 0 radical (unpaired) electrons. The van der Waals surface area contributed by atoms with Gasteiger partial charge < -0.3 is 4.57 Å². The second kappa shape index (κ2) is 6.36. The Balaban J connectivity index is 2.02. The van der Waals surface area contributed by atoms with Gasteiger partial charge in [-0.2, -0.15) is 0 Å². The van der Waals surface area contributed by atoms with Crippen LogP contribution in [0.5, 0.6) is 0 Å². The SMILES string of the molecule is Cc1cc(F)cc(C)c1S(=O)(=O)NCCCn1ccnc1. The quantitative estimate of drug-likeness (QED) is 0.830. The third kappa shape index (κ3) is 3.89. The van der Waals surface area contributed by atoms with E-state index >= 15 is 0 Å². The Morgan fingerprint density at radius 3 is 2.52 bits per heavy atom. The van der Waals surface area contributed by atoms with Crippen LogP contribution in [0.25, 0.3) is 0 Å². The second-order valence-electron chi connectivity index (χ2n) is 4.92. The van der Waals surface area contributed by atoms with E-state index in [1.54, 1.807) is 26.4 Å². The highest BCUT2D eigenvalue weighted by Crippen LogP contribution is 2.21. The van der Waals surface area contributed by atoms with Crippen molar-refractivity contribution in [2.75, 3.05) is 6.54 Å². The average Bonchev–Trinajstić information content (AvgIpc) is 2.86. The van der Waals surface area contributed by atoms with Crippen LogP contribution in [0.4, 0.5) is 4.39 Å². The molecule has 0 bridgehead atoms. The number of rotatable bonds is 6. The zero-order valence-corrected chi connectivity index (χ0v) is 12.8. The van der Waals surface area contributed by atoms with Gasteiger partial charge in [-0.1, -0.05) is 0 Å². The van der Waals surface area contributed by atoms with Gasteiger partial charge in [-0.25, -0.2) is 22.5 Å². The van der Waals surface area contributed by atoms with Gasteiger partial charge in [0.2, 0.25) is 10.0 Å². The molecular formula is C14H18FN3O2S. The van der Waals surface area contributed by atoms with E-state index in [0.717, 1.165) is 0 Å². The van der Waals surface area contributed by atoms with Crippen LogP contribution in [0, 0.1) is 19.7 Å². The Morgan fingerprint density at radius 1 is 1.29 bits per heavy atom. The number of benzene rings is 1. The van der Waals surface area contributed by atoms with E-state index in [0.29, 0.717) is 30.6 Å². The minimum Gasteiger partial charge on any atom is -0.337 e. The summed E-state index contributed by atoms with van der Waals surface area (Å²) >= 11 is 0. The first-order chi connectivity index (χ1) is 9.90. The maximum Gasteiger partial charge on any atom is 0.241 e. The van der Waals surface area contributed by atoms with Gasteiger partial charge in [-0.05, 0) is 43.5 Å². The van der Waals surface area contributed by atoms with Gasteiger partial charge in [0, 0.05) is 25.5 Å². The van der Waals surface area contributed by atoms with Gasteiger partial charge in [0.25, 0.3) is 0 Å². The third-order valence-electron chi connectivity index (χ3n) is 3.14. The fraction of sp³-hybridized carbons (Fsp3) is 0.357. The van der Waals surface area contributed by atoms with Gasteiger partial charge in [-0.3, -0.25) is 0 Å². The maximum absolute atomic E-state index is 13.2. The molecule has 2 aromatic rings. The second-order valence-corrected chi connectivity index (χ2v) is 6.62. The van der Waals surface area contributed by atoms with Gasteiger partial charge in [0.05, 0.1) is 11.2 Å². The Morgan fingerprint density at radius 2 is 1.95 bits per heavy atom. The molecular weight excluding hydrogens is 293 g/mol. The van der Waals surface area contributed by atoms with E-state index < -0.39 is 15.8 Å². The molecule has 0 atom stereocenters. The summed E-state index contributed by atoms with van der Waals surface area (Å²) in [6.07, 6.45) is 5.83. The molecule has 1 aromatic carbocycles. The first-order valence-corrected chi connectivity index (χ1v) is 8.10. The van der Waals surface area contributed by atoms with Crippen molar-refractivity contribution in [1.29, 1.82) is 0 Å². The summed E-state index contributed by atoms with van der Waals surface area (Å²) in [7, 11) is -3.62. The van der Waals surface area contributed by atoms with E-state index in [2.05, 4.69) is 9.71 Å². The fourth-order valence-corrected chi connectivity index (χ4v) is 3.80. The number of aryl methyl sites for hydroxylation is 3. The topological polar surface area (TPSA) is 64.0 Å². The number of imidazole rings is 1. The van der Waals surface area contributed by atoms with E-state index in [-0.39, 0.29) is 4.90 Å². The highest BCUT2D eigenvalue weighted by Gasteiger charge is 2.19. The van der Waals surface area contributed by atoms with Crippen molar-refractivity contribution in [1.82, 2.24) is 14.3 Å². The molecule has 1 heterocycles. The van der Waals surface area contributed by atoms with Crippen molar-refractivity contribution in [3.8, 4) is 0 Å². The van der Waals surface area contributed by atoms with E-state index in [1.807, 2.05) is 10.8 Å². The molecule has 0 spiro atoms. The zero-order valence-electron chi connectivity index (χ0n) is 12.0. The maximum atomic E-state index is 13.2. The van der Waals surface area contributed by atoms with E-state index in [9.17, 15) is 12.8 Å². The number of hydrogen-bond acceptors (Lipinski definition) is 3. The molecule has 2 rings (SSSR count). The highest BCUT2D eigenvalue weighted by atomic mass is 32.2. The summed E-state index contributed by atoms with van der Waals surface area (Å²) in [5, 5.41) is 0. The molecule has 1 aromatic heterocycles. The van der Waals surface area contributed by atoms with Crippen LogP contribution in [-0.2, 0) is 16.6 Å². The predicted molar refractivity (Wildman–Crippen MR) is 77.9 cm³/mol. The van der Waals surface area contributed by atoms with Crippen LogP contribution in [0.2, 0.25) is 0 Å². The molecule has 0 amide bonds. The molecule has 21 heavy (non-hydrogen) atoms. The zero-order chi connectivity index (χ0) is 15.5. The van der Waals surface area contributed by atoms with Crippen LogP contribution < -0.4 is 4.72 Å². The molecule has 0 aliphatic carbocycles. The summed E-state index contributed by atoms with van der Waals surface area (Å²) in [6.45, 7) is 4.19. The van der Waals surface area contributed by atoms with Crippen molar-refractivity contribution in [2.45, 2.75) is 31.7 Å². The lowest BCUT2D eigenvalue weighted by molar-refractivity contribution is 0.567. The van der Waals surface area contributed by atoms with Crippen molar-refractivity contribution in [3.05, 3.63) is 47.8 Å². The van der Waals surface area contributed by atoms with Gasteiger partial charge >= 0.3 is 0 Å². The number of nitrogens with one attached hydrogen (secondary N) is 1. The van der Waals surface area contributed by atoms with Crippen LogP contribution >= 0.6 is 0 Å². The first kappa shape index (κ1) is 15.7.